The summed E-state index contributed by atoms with van der Waals surface area (Å²) in [7, 11) is 1.55. The Kier molecular flexibility index (Phi) is 7.12. The number of piperidine rings is 1. The predicted octanol–water partition coefficient (Wildman–Crippen LogP) is 3.88. The van der Waals surface area contributed by atoms with E-state index in [1.165, 1.54) is 13.3 Å². The Hall–Kier alpha value is -1.75. The van der Waals surface area contributed by atoms with Crippen molar-refractivity contribution in [3.05, 3.63) is 23.2 Å². The molecule has 1 saturated heterocycles. The molecule has 0 N–H and O–H groups in total. The molecule has 1 aliphatic rings. The topological polar surface area (TPSA) is 49.9 Å². The summed E-state index contributed by atoms with van der Waals surface area (Å²) < 4.78 is 5.15. The number of carbonyl (C=O) groups is 2. The highest BCUT2D eigenvalue weighted by Crippen LogP contribution is 2.29. The maximum atomic E-state index is 12.6. The van der Waals surface area contributed by atoms with Gasteiger partial charge in [0.2, 0.25) is 11.8 Å². The standard InChI is InChI=1S/C19H27ClN2O3/c1-4-15-7-5-6-11-22(15)19(24)10-12-21(14(2)23)16-8-9-18(25-3)17(20)13-16/h8-9,13,15H,4-7,10-12H2,1-3H3. The summed E-state index contributed by atoms with van der Waals surface area (Å²) in [5, 5.41) is 0.444. The molecular weight excluding hydrogens is 340 g/mol. The molecule has 0 saturated carbocycles. The fourth-order valence-corrected chi connectivity index (χ4v) is 3.65. The predicted molar refractivity (Wildman–Crippen MR) is 100 cm³/mol. The quantitative estimate of drug-likeness (QED) is 0.767. The van der Waals surface area contributed by atoms with Crippen LogP contribution in [-0.4, -0.2) is 43.0 Å². The van der Waals surface area contributed by atoms with Crippen molar-refractivity contribution in [2.45, 2.75) is 52.0 Å². The van der Waals surface area contributed by atoms with Crippen molar-refractivity contribution < 1.29 is 14.3 Å². The largest absolute Gasteiger partial charge is 0.495 e. The highest BCUT2D eigenvalue weighted by Gasteiger charge is 2.26. The minimum Gasteiger partial charge on any atom is -0.495 e. The first-order valence-corrected chi connectivity index (χ1v) is 9.26. The molecule has 1 fully saturated rings. The maximum absolute atomic E-state index is 12.6. The Morgan fingerprint density at radius 2 is 2.12 bits per heavy atom. The van der Waals surface area contributed by atoms with Crippen molar-refractivity contribution in [3.8, 4) is 5.75 Å². The second kappa shape index (κ2) is 9.09. The number of likely N-dealkylation sites (tertiary alicyclic amines) is 1. The lowest BCUT2D eigenvalue weighted by Gasteiger charge is -2.35. The molecule has 0 spiro atoms. The number of methoxy groups -OCH3 is 1. The van der Waals surface area contributed by atoms with E-state index in [1.807, 2.05) is 4.90 Å². The van der Waals surface area contributed by atoms with Crippen LogP contribution >= 0.6 is 11.6 Å². The van der Waals surface area contributed by atoms with Crippen LogP contribution in [0.1, 0.15) is 46.0 Å². The van der Waals surface area contributed by atoms with E-state index in [0.717, 1.165) is 25.8 Å². The Balaban J connectivity index is 2.05. The van der Waals surface area contributed by atoms with Gasteiger partial charge in [-0.3, -0.25) is 9.59 Å². The number of carbonyl (C=O) groups excluding carboxylic acids is 2. The monoisotopic (exact) mass is 366 g/mol. The van der Waals surface area contributed by atoms with Crippen LogP contribution < -0.4 is 9.64 Å². The van der Waals surface area contributed by atoms with Gasteiger partial charge in [0.25, 0.3) is 0 Å². The maximum Gasteiger partial charge on any atom is 0.224 e. The van der Waals surface area contributed by atoms with Gasteiger partial charge in [-0.15, -0.1) is 0 Å². The molecule has 1 aromatic rings. The van der Waals surface area contributed by atoms with Crippen molar-refractivity contribution in [1.82, 2.24) is 4.90 Å². The van der Waals surface area contributed by atoms with Gasteiger partial charge in [-0.25, -0.2) is 0 Å². The minimum absolute atomic E-state index is 0.111. The molecular formula is C19H27ClN2O3. The van der Waals surface area contributed by atoms with Gasteiger partial charge in [-0.2, -0.15) is 0 Å². The fourth-order valence-electron chi connectivity index (χ4n) is 3.40. The number of rotatable bonds is 6. The first-order chi connectivity index (χ1) is 12.0. The number of anilines is 1. The lowest BCUT2D eigenvalue weighted by atomic mass is 9.99. The minimum atomic E-state index is -0.111. The summed E-state index contributed by atoms with van der Waals surface area (Å²) in [5.41, 5.74) is 0.678. The van der Waals surface area contributed by atoms with Gasteiger partial charge < -0.3 is 14.5 Å². The second-order valence-corrected chi connectivity index (χ2v) is 6.79. The van der Waals surface area contributed by atoms with Crippen molar-refractivity contribution in [2.24, 2.45) is 0 Å². The Morgan fingerprint density at radius 3 is 2.72 bits per heavy atom. The zero-order chi connectivity index (χ0) is 18.4. The molecule has 1 unspecified atom stereocenters. The van der Waals surface area contributed by atoms with E-state index in [0.29, 0.717) is 35.5 Å². The lowest BCUT2D eigenvalue weighted by Crippen LogP contribution is -2.44. The van der Waals surface area contributed by atoms with E-state index in [2.05, 4.69) is 6.92 Å². The zero-order valence-corrected chi connectivity index (χ0v) is 16.0. The van der Waals surface area contributed by atoms with Crippen molar-refractivity contribution in [3.63, 3.8) is 0 Å². The van der Waals surface area contributed by atoms with Crippen LogP contribution in [0.15, 0.2) is 18.2 Å². The number of amides is 2. The number of hydrogen-bond donors (Lipinski definition) is 0. The highest BCUT2D eigenvalue weighted by molar-refractivity contribution is 6.32. The number of nitrogens with zero attached hydrogens (tertiary/aromatic N) is 2. The van der Waals surface area contributed by atoms with Crippen LogP contribution in [-0.2, 0) is 9.59 Å². The smallest absolute Gasteiger partial charge is 0.224 e. The van der Waals surface area contributed by atoms with Crippen LogP contribution in [0, 0.1) is 0 Å². The molecule has 138 valence electrons. The molecule has 1 aromatic carbocycles. The molecule has 1 atom stereocenters. The molecule has 0 bridgehead atoms. The third-order valence-corrected chi connectivity index (χ3v) is 5.09. The second-order valence-electron chi connectivity index (χ2n) is 6.38. The summed E-state index contributed by atoms with van der Waals surface area (Å²) in [6.07, 6.45) is 4.63. The number of ether oxygens (including phenoxy) is 1. The van der Waals surface area contributed by atoms with Crippen LogP contribution in [0.5, 0.6) is 5.75 Å². The highest BCUT2D eigenvalue weighted by atomic mass is 35.5. The van der Waals surface area contributed by atoms with Crippen LogP contribution in [0.4, 0.5) is 5.69 Å². The molecule has 1 heterocycles. The molecule has 5 nitrogen and oxygen atoms in total. The van der Waals surface area contributed by atoms with Crippen LogP contribution in [0.2, 0.25) is 5.02 Å². The SMILES string of the molecule is CCC1CCCCN1C(=O)CCN(C(C)=O)c1ccc(OC)c(Cl)c1. The van der Waals surface area contributed by atoms with Crippen LogP contribution in [0.25, 0.3) is 0 Å². The fraction of sp³-hybridized carbons (Fsp3) is 0.579. The van der Waals surface area contributed by atoms with Crippen LogP contribution in [0.3, 0.4) is 0 Å². The molecule has 6 heteroatoms. The van der Waals surface area contributed by atoms with Gasteiger partial charge in [0.1, 0.15) is 5.75 Å². The van der Waals surface area contributed by atoms with E-state index < -0.39 is 0 Å². The Labute approximate surface area is 154 Å². The van der Waals surface area contributed by atoms with E-state index in [4.69, 9.17) is 16.3 Å². The van der Waals surface area contributed by atoms with E-state index in [-0.39, 0.29) is 11.8 Å². The number of benzene rings is 1. The molecule has 0 radical (unpaired) electrons. The molecule has 2 rings (SSSR count). The summed E-state index contributed by atoms with van der Waals surface area (Å²) in [6.45, 7) is 4.80. The summed E-state index contributed by atoms with van der Waals surface area (Å²) >= 11 is 6.16. The first-order valence-electron chi connectivity index (χ1n) is 8.89. The van der Waals surface area contributed by atoms with Crippen molar-refractivity contribution in [1.29, 1.82) is 0 Å². The van der Waals surface area contributed by atoms with Gasteiger partial charge in [-0.05, 0) is 43.9 Å². The molecule has 25 heavy (non-hydrogen) atoms. The van der Waals surface area contributed by atoms with Gasteiger partial charge in [0.15, 0.2) is 0 Å². The average Bonchev–Trinajstić information content (AvgIpc) is 2.61. The first kappa shape index (κ1) is 19.6. The van der Waals surface area contributed by atoms with Gasteiger partial charge in [-0.1, -0.05) is 18.5 Å². The van der Waals surface area contributed by atoms with Gasteiger partial charge >= 0.3 is 0 Å². The molecule has 0 aromatic heterocycles. The van der Waals surface area contributed by atoms with E-state index in [9.17, 15) is 9.59 Å². The van der Waals surface area contributed by atoms with Gasteiger partial charge in [0.05, 0.1) is 12.1 Å². The lowest BCUT2D eigenvalue weighted by molar-refractivity contribution is -0.134. The van der Waals surface area contributed by atoms with E-state index in [1.54, 1.807) is 30.2 Å². The average molecular weight is 367 g/mol. The third-order valence-electron chi connectivity index (χ3n) is 4.80. The van der Waals surface area contributed by atoms with Crippen molar-refractivity contribution in [2.75, 3.05) is 25.1 Å². The summed E-state index contributed by atoms with van der Waals surface area (Å²) in [5.74, 6) is 0.571. The molecule has 1 aliphatic heterocycles. The summed E-state index contributed by atoms with van der Waals surface area (Å²) in [6, 6.07) is 5.55. The molecule has 2 amide bonds. The van der Waals surface area contributed by atoms with Crippen molar-refractivity contribution >= 4 is 29.1 Å². The third kappa shape index (κ3) is 4.88. The normalized spacial score (nSPS) is 17.3. The number of hydrogen-bond acceptors (Lipinski definition) is 3. The van der Waals surface area contributed by atoms with Gasteiger partial charge in [0, 0.05) is 38.2 Å². The zero-order valence-electron chi connectivity index (χ0n) is 15.3. The Bertz CT molecular complexity index is 621. The molecule has 0 aliphatic carbocycles. The number of halogens is 1. The van der Waals surface area contributed by atoms with E-state index >= 15 is 0 Å². The summed E-state index contributed by atoms with van der Waals surface area (Å²) in [4.78, 5) is 28.3. The Morgan fingerprint density at radius 1 is 1.36 bits per heavy atom.